The number of aromatic nitrogens is 3. The van der Waals surface area contributed by atoms with Crippen LogP contribution in [-0.4, -0.2) is 33.7 Å². The van der Waals surface area contributed by atoms with E-state index in [0.29, 0.717) is 28.1 Å². The third kappa shape index (κ3) is 4.36. The molecule has 0 aliphatic carbocycles. The first-order valence-electron chi connectivity index (χ1n) is 9.33. The Bertz CT molecular complexity index is 1180. The number of fused-ring (bicyclic) bond motifs is 1. The van der Waals surface area contributed by atoms with Gasteiger partial charge in [-0.2, -0.15) is 5.26 Å². The number of nitriles is 1. The average Bonchev–Trinajstić information content (AvgIpc) is 3.14. The van der Waals surface area contributed by atoms with Gasteiger partial charge in [0.1, 0.15) is 23.0 Å². The van der Waals surface area contributed by atoms with Crippen LogP contribution in [0.4, 0.5) is 11.5 Å². The van der Waals surface area contributed by atoms with Gasteiger partial charge in [-0.1, -0.05) is 32.9 Å². The topological polar surface area (TPSA) is 124 Å². The smallest absolute Gasteiger partial charge is 0.261 e. The number of nitrogens with zero attached hydrogens (tertiary/aromatic N) is 3. The molecule has 0 unspecified atom stereocenters. The Hall–Kier alpha value is -3.99. The molecular weight excluding hydrogens is 380 g/mol. The van der Waals surface area contributed by atoms with Crippen molar-refractivity contribution in [1.29, 1.82) is 5.26 Å². The predicted molar refractivity (Wildman–Crippen MR) is 115 cm³/mol. The Kier molecular flexibility index (Phi) is 5.65. The molecule has 2 aromatic heterocycles. The Morgan fingerprint density at radius 1 is 1.20 bits per heavy atom. The number of Topliss-reactive ketones (excluding diaryl/α,β-unsaturated/α-hetero) is 1. The van der Waals surface area contributed by atoms with E-state index in [1.54, 1.807) is 36.7 Å². The highest BCUT2D eigenvalue weighted by Gasteiger charge is 2.26. The number of H-pyrrole nitrogens is 1. The third-order valence-corrected chi connectivity index (χ3v) is 4.39. The maximum Gasteiger partial charge on any atom is 0.261 e. The van der Waals surface area contributed by atoms with E-state index >= 15 is 0 Å². The summed E-state index contributed by atoms with van der Waals surface area (Å²) >= 11 is 0. The third-order valence-electron chi connectivity index (χ3n) is 4.39. The second kappa shape index (κ2) is 8.17. The van der Waals surface area contributed by atoms with Crippen molar-refractivity contribution in [1.82, 2.24) is 20.3 Å². The van der Waals surface area contributed by atoms with Gasteiger partial charge in [0.05, 0.1) is 11.8 Å². The molecule has 0 saturated carbocycles. The summed E-state index contributed by atoms with van der Waals surface area (Å²) in [5.74, 6) is 0.0487. The van der Waals surface area contributed by atoms with Gasteiger partial charge in [0.15, 0.2) is 11.4 Å². The number of anilines is 2. The van der Waals surface area contributed by atoms with Crippen molar-refractivity contribution in [2.45, 2.75) is 20.8 Å². The van der Waals surface area contributed by atoms with Crippen LogP contribution >= 0.6 is 0 Å². The van der Waals surface area contributed by atoms with Crippen molar-refractivity contribution in [3.05, 3.63) is 53.4 Å². The Morgan fingerprint density at radius 2 is 1.90 bits per heavy atom. The number of ketones is 1. The quantitative estimate of drug-likeness (QED) is 0.340. The molecule has 0 fully saturated rings. The summed E-state index contributed by atoms with van der Waals surface area (Å²) in [7, 11) is 1.48. The molecule has 3 rings (SSSR count). The fourth-order valence-electron chi connectivity index (χ4n) is 2.79. The first kappa shape index (κ1) is 20.7. The summed E-state index contributed by atoms with van der Waals surface area (Å²) in [6, 6.07) is 9.04. The van der Waals surface area contributed by atoms with Crippen LogP contribution in [0.25, 0.3) is 17.2 Å². The molecular formula is C22H22N6O2. The molecule has 30 heavy (non-hydrogen) atoms. The molecule has 3 aromatic rings. The number of likely N-dealkylation sites (N-methyl/N-ethyl adjacent to an activating group) is 1. The second-order valence-corrected chi connectivity index (χ2v) is 7.73. The molecule has 0 aliphatic heterocycles. The number of carbonyl (C=O) groups excluding carboxylic acids is 2. The lowest BCUT2D eigenvalue weighted by atomic mass is 9.87. The highest BCUT2D eigenvalue weighted by molar-refractivity contribution is 6.08. The number of hydrogen-bond acceptors (Lipinski definition) is 6. The van der Waals surface area contributed by atoms with Crippen LogP contribution in [0, 0.1) is 16.7 Å². The summed E-state index contributed by atoms with van der Waals surface area (Å²) in [4.78, 5) is 36.2. The SMILES string of the molecule is CNC(=O)/C(C#N)=C\c1ccc(Nc2cnc3[nH]cc(C(=O)C(C)(C)C)c3n2)cc1. The Morgan fingerprint density at radius 3 is 2.50 bits per heavy atom. The minimum Gasteiger partial charge on any atom is -0.354 e. The van der Waals surface area contributed by atoms with Crippen LogP contribution in [-0.2, 0) is 4.79 Å². The molecule has 8 nitrogen and oxygen atoms in total. The molecule has 2 heterocycles. The molecule has 0 radical (unpaired) electrons. The van der Waals surface area contributed by atoms with E-state index in [-0.39, 0.29) is 11.4 Å². The predicted octanol–water partition coefficient (Wildman–Crippen LogP) is 3.58. The maximum atomic E-state index is 12.7. The van der Waals surface area contributed by atoms with Crippen molar-refractivity contribution in [2.75, 3.05) is 12.4 Å². The lowest BCUT2D eigenvalue weighted by Gasteiger charge is -2.15. The van der Waals surface area contributed by atoms with E-state index < -0.39 is 11.3 Å². The fraction of sp³-hybridized carbons (Fsp3) is 0.227. The van der Waals surface area contributed by atoms with Crippen LogP contribution < -0.4 is 10.6 Å². The van der Waals surface area contributed by atoms with Gasteiger partial charge in [-0.25, -0.2) is 9.97 Å². The first-order valence-corrected chi connectivity index (χ1v) is 9.33. The van der Waals surface area contributed by atoms with E-state index in [9.17, 15) is 9.59 Å². The van der Waals surface area contributed by atoms with Crippen molar-refractivity contribution in [3.8, 4) is 6.07 Å². The van der Waals surface area contributed by atoms with E-state index in [2.05, 4.69) is 25.6 Å². The fourth-order valence-corrected chi connectivity index (χ4v) is 2.79. The molecule has 0 atom stereocenters. The molecule has 0 aliphatic rings. The van der Waals surface area contributed by atoms with Gasteiger partial charge in [-0.05, 0) is 23.8 Å². The zero-order chi connectivity index (χ0) is 21.9. The van der Waals surface area contributed by atoms with Gasteiger partial charge >= 0.3 is 0 Å². The lowest BCUT2D eigenvalue weighted by Crippen LogP contribution is -2.20. The van der Waals surface area contributed by atoms with Gasteiger partial charge in [-0.3, -0.25) is 9.59 Å². The number of benzene rings is 1. The van der Waals surface area contributed by atoms with Gasteiger partial charge in [-0.15, -0.1) is 0 Å². The number of nitrogens with one attached hydrogen (secondary N) is 3. The highest BCUT2D eigenvalue weighted by atomic mass is 16.1. The zero-order valence-electron chi connectivity index (χ0n) is 17.2. The summed E-state index contributed by atoms with van der Waals surface area (Å²) in [6.45, 7) is 5.59. The Balaban J connectivity index is 1.85. The number of aromatic amines is 1. The van der Waals surface area contributed by atoms with Gasteiger partial charge in [0.2, 0.25) is 0 Å². The van der Waals surface area contributed by atoms with Crippen LogP contribution in [0.3, 0.4) is 0 Å². The Labute approximate surface area is 174 Å². The average molecular weight is 402 g/mol. The van der Waals surface area contributed by atoms with Crippen LogP contribution in [0.1, 0.15) is 36.7 Å². The summed E-state index contributed by atoms with van der Waals surface area (Å²) in [5.41, 5.74) is 2.53. The van der Waals surface area contributed by atoms with Gasteiger partial charge < -0.3 is 15.6 Å². The number of amides is 1. The van der Waals surface area contributed by atoms with E-state index in [0.717, 1.165) is 5.69 Å². The van der Waals surface area contributed by atoms with E-state index in [1.165, 1.54) is 13.1 Å². The normalized spacial score (nSPS) is 11.8. The number of rotatable bonds is 5. The molecule has 0 bridgehead atoms. The molecule has 3 N–H and O–H groups in total. The number of carbonyl (C=O) groups is 2. The first-order chi connectivity index (χ1) is 14.2. The molecule has 0 spiro atoms. The highest BCUT2D eigenvalue weighted by Crippen LogP contribution is 2.26. The summed E-state index contributed by atoms with van der Waals surface area (Å²) in [6.07, 6.45) is 4.73. The van der Waals surface area contributed by atoms with Crippen molar-refractivity contribution in [2.24, 2.45) is 5.41 Å². The zero-order valence-corrected chi connectivity index (χ0v) is 17.2. The molecule has 0 saturated heterocycles. The van der Waals surface area contributed by atoms with Gasteiger partial charge in [0, 0.05) is 24.3 Å². The second-order valence-electron chi connectivity index (χ2n) is 7.73. The van der Waals surface area contributed by atoms with Crippen LogP contribution in [0.2, 0.25) is 0 Å². The lowest BCUT2D eigenvalue weighted by molar-refractivity contribution is -0.116. The van der Waals surface area contributed by atoms with Crippen LogP contribution in [0.15, 0.2) is 42.2 Å². The molecule has 8 heteroatoms. The van der Waals surface area contributed by atoms with Gasteiger partial charge in [0.25, 0.3) is 5.91 Å². The molecule has 152 valence electrons. The largest absolute Gasteiger partial charge is 0.354 e. The molecule has 1 amide bonds. The number of hydrogen-bond donors (Lipinski definition) is 3. The minimum atomic E-state index is -0.527. The maximum absolute atomic E-state index is 12.7. The molecule has 1 aromatic carbocycles. The minimum absolute atomic E-state index is 0.0132. The summed E-state index contributed by atoms with van der Waals surface area (Å²) in [5, 5.41) is 14.7. The standard InChI is InChI=1S/C22H22N6O2/c1-22(2,3)19(29)16-11-25-20-18(16)28-17(12-26-20)27-15-7-5-13(6-8-15)9-14(10-23)21(30)24-4/h5-9,11-12H,1-4H3,(H,24,30)(H,25,26)(H,27,28)/b14-9-. The van der Waals surface area contributed by atoms with Crippen molar-refractivity contribution < 1.29 is 9.59 Å². The van der Waals surface area contributed by atoms with E-state index in [4.69, 9.17) is 5.26 Å². The van der Waals surface area contributed by atoms with Crippen molar-refractivity contribution in [3.63, 3.8) is 0 Å². The van der Waals surface area contributed by atoms with E-state index in [1.807, 2.05) is 26.8 Å². The summed E-state index contributed by atoms with van der Waals surface area (Å²) < 4.78 is 0. The van der Waals surface area contributed by atoms with Crippen molar-refractivity contribution >= 4 is 40.4 Å². The monoisotopic (exact) mass is 402 g/mol. The van der Waals surface area contributed by atoms with Crippen LogP contribution in [0.5, 0.6) is 0 Å².